The first-order chi connectivity index (χ1) is 9.32. The van der Waals surface area contributed by atoms with Gasteiger partial charge in [-0.2, -0.15) is 0 Å². The van der Waals surface area contributed by atoms with E-state index in [0.717, 1.165) is 21.0 Å². The van der Waals surface area contributed by atoms with Crippen LogP contribution < -0.4 is 0 Å². The van der Waals surface area contributed by atoms with Crippen LogP contribution in [0.3, 0.4) is 0 Å². The quantitative estimate of drug-likeness (QED) is 0.570. The van der Waals surface area contributed by atoms with Gasteiger partial charge in [0.25, 0.3) is 0 Å². The minimum Gasteiger partial charge on any atom is -0.147 e. The molecular weight excluding hydrogens is 320 g/mol. The van der Waals surface area contributed by atoms with E-state index in [1.165, 1.54) is 29.4 Å². The molecule has 2 aliphatic rings. The summed E-state index contributed by atoms with van der Waals surface area (Å²) in [6.07, 6.45) is 1.42. The Bertz CT molecular complexity index is 247. The van der Waals surface area contributed by atoms with Crippen molar-refractivity contribution in [2.75, 3.05) is 23.0 Å². The smallest absolute Gasteiger partial charge is 0.0525 e. The predicted octanol–water partition coefficient (Wildman–Crippen LogP) is 6.31. The lowest BCUT2D eigenvalue weighted by Crippen LogP contribution is -2.27. The Kier molecular flexibility index (Phi) is 9.26. The molecule has 2 rings (SSSR count). The van der Waals surface area contributed by atoms with Crippen molar-refractivity contribution < 1.29 is 0 Å². The van der Waals surface area contributed by atoms with Crippen molar-refractivity contribution in [2.45, 2.75) is 57.1 Å². The summed E-state index contributed by atoms with van der Waals surface area (Å²) >= 11 is 8.55. The Morgan fingerprint density at radius 2 is 1.15 bits per heavy atom. The van der Waals surface area contributed by atoms with Gasteiger partial charge in [0.15, 0.2) is 0 Å². The number of hydrogen-bond acceptors (Lipinski definition) is 4. The SMILES string of the molecule is CC(C)C1SCC(C)(C)CS1.CC(C)C1SCCCS1. The average Bonchev–Trinajstić information content (AvgIpc) is 2.40. The van der Waals surface area contributed by atoms with E-state index < -0.39 is 0 Å². The first kappa shape index (κ1) is 19.4. The lowest BCUT2D eigenvalue weighted by atomic mass is 10.00. The number of thioether (sulfide) groups is 4. The van der Waals surface area contributed by atoms with E-state index in [-0.39, 0.29) is 0 Å². The second kappa shape index (κ2) is 9.52. The van der Waals surface area contributed by atoms with Gasteiger partial charge in [-0.3, -0.25) is 0 Å². The Labute approximate surface area is 144 Å². The normalized spacial score (nSPS) is 24.6. The van der Waals surface area contributed by atoms with Gasteiger partial charge in [-0.05, 0) is 35.2 Å². The molecule has 4 heteroatoms. The fourth-order valence-corrected chi connectivity index (χ4v) is 8.11. The summed E-state index contributed by atoms with van der Waals surface area (Å²) in [6.45, 7) is 14.0. The highest BCUT2D eigenvalue weighted by Crippen LogP contribution is 2.43. The van der Waals surface area contributed by atoms with Gasteiger partial charge >= 0.3 is 0 Å². The maximum Gasteiger partial charge on any atom is 0.0525 e. The largest absolute Gasteiger partial charge is 0.147 e. The van der Waals surface area contributed by atoms with Crippen molar-refractivity contribution in [3.05, 3.63) is 0 Å². The molecule has 0 radical (unpaired) electrons. The fraction of sp³-hybridized carbons (Fsp3) is 1.00. The zero-order valence-electron chi connectivity index (χ0n) is 14.0. The summed E-state index contributed by atoms with van der Waals surface area (Å²) in [5.41, 5.74) is 0.570. The maximum absolute atomic E-state index is 2.36. The molecule has 2 aliphatic heterocycles. The van der Waals surface area contributed by atoms with Crippen LogP contribution in [0.2, 0.25) is 0 Å². The van der Waals surface area contributed by atoms with Crippen LogP contribution in [-0.2, 0) is 0 Å². The van der Waals surface area contributed by atoms with Crippen LogP contribution in [0.25, 0.3) is 0 Å². The number of rotatable bonds is 2. The first-order valence-electron chi connectivity index (χ1n) is 7.78. The van der Waals surface area contributed by atoms with Crippen molar-refractivity contribution in [3.63, 3.8) is 0 Å². The van der Waals surface area contributed by atoms with Gasteiger partial charge in [0.05, 0.1) is 9.16 Å². The van der Waals surface area contributed by atoms with Crippen LogP contribution in [0.5, 0.6) is 0 Å². The Balaban J connectivity index is 0.000000204. The zero-order chi connectivity index (χ0) is 15.2. The minimum atomic E-state index is 0.570. The van der Waals surface area contributed by atoms with E-state index in [1.54, 1.807) is 0 Å². The Hall–Kier alpha value is 1.40. The molecule has 0 aromatic carbocycles. The molecule has 0 N–H and O–H groups in total. The van der Waals surface area contributed by atoms with Crippen LogP contribution in [0, 0.1) is 17.3 Å². The maximum atomic E-state index is 2.36. The number of hydrogen-bond donors (Lipinski definition) is 0. The molecule has 0 unspecified atom stereocenters. The first-order valence-corrected chi connectivity index (χ1v) is 12.0. The second-order valence-electron chi connectivity index (χ2n) is 7.11. The second-order valence-corrected chi connectivity index (χ2v) is 12.5. The third-order valence-electron chi connectivity index (χ3n) is 3.22. The van der Waals surface area contributed by atoms with Crippen molar-refractivity contribution in [1.82, 2.24) is 0 Å². The molecule has 0 bridgehead atoms. The molecule has 2 saturated heterocycles. The molecule has 2 heterocycles. The summed E-state index contributed by atoms with van der Waals surface area (Å²) in [5, 5.41) is 0. The fourth-order valence-electron chi connectivity index (χ4n) is 1.98. The van der Waals surface area contributed by atoms with E-state index in [4.69, 9.17) is 0 Å². The molecule has 120 valence electrons. The van der Waals surface area contributed by atoms with Crippen LogP contribution in [0.4, 0.5) is 0 Å². The van der Waals surface area contributed by atoms with Gasteiger partial charge in [0.2, 0.25) is 0 Å². The van der Waals surface area contributed by atoms with Crippen LogP contribution in [-0.4, -0.2) is 32.2 Å². The van der Waals surface area contributed by atoms with Gasteiger partial charge in [0, 0.05) is 11.5 Å². The summed E-state index contributed by atoms with van der Waals surface area (Å²) in [5.74, 6) is 7.14. The zero-order valence-corrected chi connectivity index (χ0v) is 17.2. The average molecular weight is 353 g/mol. The van der Waals surface area contributed by atoms with E-state index in [9.17, 15) is 0 Å². The van der Waals surface area contributed by atoms with Crippen LogP contribution in [0.1, 0.15) is 48.0 Å². The van der Waals surface area contributed by atoms with Crippen LogP contribution in [0.15, 0.2) is 0 Å². The van der Waals surface area contributed by atoms with E-state index in [1.807, 2.05) is 0 Å². The third kappa shape index (κ3) is 7.60. The standard InChI is InChI=1S/C9H18S2.C7H14S2/c1-7(2)8-10-5-9(3,4)6-11-8;1-6(2)7-8-4-3-5-9-7/h7-8H,5-6H2,1-4H3;6-7H,3-5H2,1-2H3. The van der Waals surface area contributed by atoms with E-state index in [0.29, 0.717) is 5.41 Å². The monoisotopic (exact) mass is 352 g/mol. The van der Waals surface area contributed by atoms with Gasteiger partial charge in [-0.15, -0.1) is 47.0 Å². The summed E-state index contributed by atoms with van der Waals surface area (Å²) in [7, 11) is 0. The molecule has 0 nitrogen and oxygen atoms in total. The summed E-state index contributed by atoms with van der Waals surface area (Å²) in [4.78, 5) is 0. The highest BCUT2D eigenvalue weighted by Gasteiger charge is 2.29. The van der Waals surface area contributed by atoms with Gasteiger partial charge in [-0.25, -0.2) is 0 Å². The molecular formula is C16H32S4. The highest BCUT2D eigenvalue weighted by atomic mass is 32.2. The van der Waals surface area contributed by atoms with Gasteiger partial charge < -0.3 is 0 Å². The van der Waals surface area contributed by atoms with Crippen molar-refractivity contribution in [2.24, 2.45) is 17.3 Å². The minimum absolute atomic E-state index is 0.570. The highest BCUT2D eigenvalue weighted by molar-refractivity contribution is 8.18. The summed E-state index contributed by atoms with van der Waals surface area (Å²) < 4.78 is 1.74. The van der Waals surface area contributed by atoms with Crippen molar-refractivity contribution >= 4 is 47.0 Å². The Morgan fingerprint density at radius 3 is 1.50 bits per heavy atom. The molecule has 0 aromatic heterocycles. The lowest BCUT2D eigenvalue weighted by molar-refractivity contribution is 0.485. The molecule has 0 aliphatic carbocycles. The molecule has 0 atom stereocenters. The lowest BCUT2D eigenvalue weighted by Gasteiger charge is -2.35. The van der Waals surface area contributed by atoms with Gasteiger partial charge in [-0.1, -0.05) is 41.5 Å². The van der Waals surface area contributed by atoms with Gasteiger partial charge in [0.1, 0.15) is 0 Å². The van der Waals surface area contributed by atoms with E-state index >= 15 is 0 Å². The topological polar surface area (TPSA) is 0 Å². The molecule has 0 saturated carbocycles. The third-order valence-corrected chi connectivity index (χ3v) is 11.3. The molecule has 0 amide bonds. The van der Waals surface area contributed by atoms with Crippen molar-refractivity contribution in [3.8, 4) is 0 Å². The van der Waals surface area contributed by atoms with E-state index in [2.05, 4.69) is 88.6 Å². The van der Waals surface area contributed by atoms with Crippen LogP contribution >= 0.6 is 47.0 Å². The molecule has 0 spiro atoms. The Morgan fingerprint density at radius 1 is 0.750 bits per heavy atom. The molecule has 0 aromatic rings. The summed E-state index contributed by atoms with van der Waals surface area (Å²) in [6, 6.07) is 0. The van der Waals surface area contributed by atoms with Crippen molar-refractivity contribution in [1.29, 1.82) is 0 Å². The molecule has 2 fully saturated rings. The molecule has 20 heavy (non-hydrogen) atoms. The predicted molar refractivity (Wildman–Crippen MR) is 105 cm³/mol.